The number of amides is 2. The highest BCUT2D eigenvalue weighted by Gasteiger charge is 2.27. The molecule has 1 aromatic carbocycles. The number of nitrogens with one attached hydrogen (secondary N) is 1. The average molecular weight is 290 g/mol. The van der Waals surface area contributed by atoms with Crippen LogP contribution in [0.3, 0.4) is 0 Å². The fraction of sp³-hybridized carbons (Fsp3) is 0.588. The first-order valence-electron chi connectivity index (χ1n) is 7.77. The molecule has 4 heteroatoms. The van der Waals surface area contributed by atoms with Crippen LogP contribution in [0.5, 0.6) is 0 Å². The third kappa shape index (κ3) is 4.21. The molecule has 21 heavy (non-hydrogen) atoms. The SMILES string of the molecule is CC(C)c1cccc(NC(=O)N(C)CC2CCCC2O)c1. The molecule has 0 heterocycles. The third-order valence-corrected chi connectivity index (χ3v) is 4.28. The second-order valence-electron chi connectivity index (χ2n) is 6.35. The van der Waals surface area contributed by atoms with Crippen LogP contribution in [0.25, 0.3) is 0 Å². The van der Waals surface area contributed by atoms with Gasteiger partial charge in [0, 0.05) is 25.2 Å². The molecule has 4 nitrogen and oxygen atoms in total. The highest BCUT2D eigenvalue weighted by atomic mass is 16.3. The zero-order valence-corrected chi connectivity index (χ0v) is 13.2. The summed E-state index contributed by atoms with van der Waals surface area (Å²) in [6, 6.07) is 7.84. The van der Waals surface area contributed by atoms with Gasteiger partial charge in [0.2, 0.25) is 0 Å². The molecule has 0 aliphatic heterocycles. The molecule has 2 rings (SSSR count). The van der Waals surface area contributed by atoms with Gasteiger partial charge in [-0.1, -0.05) is 32.4 Å². The molecule has 2 unspecified atom stereocenters. The van der Waals surface area contributed by atoms with E-state index in [1.54, 1.807) is 11.9 Å². The Morgan fingerprint density at radius 1 is 1.43 bits per heavy atom. The molecule has 1 aromatic rings. The van der Waals surface area contributed by atoms with Crippen molar-refractivity contribution in [3.8, 4) is 0 Å². The molecule has 2 atom stereocenters. The Hall–Kier alpha value is -1.55. The Morgan fingerprint density at radius 2 is 2.19 bits per heavy atom. The Kier molecular flexibility index (Phi) is 5.23. The van der Waals surface area contributed by atoms with Gasteiger partial charge in [-0.25, -0.2) is 4.79 Å². The summed E-state index contributed by atoms with van der Waals surface area (Å²) < 4.78 is 0. The van der Waals surface area contributed by atoms with Crippen LogP contribution in [0.2, 0.25) is 0 Å². The maximum atomic E-state index is 12.2. The van der Waals surface area contributed by atoms with Gasteiger partial charge in [-0.15, -0.1) is 0 Å². The van der Waals surface area contributed by atoms with E-state index in [-0.39, 0.29) is 18.1 Å². The largest absolute Gasteiger partial charge is 0.393 e. The molecule has 1 fully saturated rings. The predicted molar refractivity (Wildman–Crippen MR) is 85.5 cm³/mol. The number of hydrogen-bond acceptors (Lipinski definition) is 2. The molecule has 0 saturated heterocycles. The van der Waals surface area contributed by atoms with Crippen LogP contribution in [0.15, 0.2) is 24.3 Å². The van der Waals surface area contributed by atoms with Gasteiger partial charge in [-0.3, -0.25) is 0 Å². The van der Waals surface area contributed by atoms with Gasteiger partial charge in [0.25, 0.3) is 0 Å². The smallest absolute Gasteiger partial charge is 0.321 e. The molecule has 1 aliphatic carbocycles. The highest BCUT2D eigenvalue weighted by molar-refractivity contribution is 5.89. The van der Waals surface area contributed by atoms with Crippen molar-refractivity contribution >= 4 is 11.7 Å². The van der Waals surface area contributed by atoms with Crippen molar-refractivity contribution in [2.75, 3.05) is 18.9 Å². The maximum Gasteiger partial charge on any atom is 0.321 e. The van der Waals surface area contributed by atoms with Gasteiger partial charge >= 0.3 is 6.03 Å². The summed E-state index contributed by atoms with van der Waals surface area (Å²) in [5.41, 5.74) is 2.03. The summed E-state index contributed by atoms with van der Waals surface area (Å²) in [7, 11) is 1.78. The van der Waals surface area contributed by atoms with Crippen molar-refractivity contribution in [1.82, 2.24) is 4.90 Å². The van der Waals surface area contributed by atoms with Crippen molar-refractivity contribution in [2.24, 2.45) is 5.92 Å². The first kappa shape index (κ1) is 15.8. The van der Waals surface area contributed by atoms with E-state index in [1.807, 2.05) is 18.2 Å². The minimum absolute atomic E-state index is 0.116. The number of hydrogen-bond donors (Lipinski definition) is 2. The quantitative estimate of drug-likeness (QED) is 0.892. The van der Waals surface area contributed by atoms with E-state index in [1.165, 1.54) is 5.56 Å². The van der Waals surface area contributed by atoms with Crippen LogP contribution in [0, 0.1) is 5.92 Å². The standard InChI is InChI=1S/C17H26N2O2/c1-12(2)13-6-4-8-15(10-13)18-17(21)19(3)11-14-7-5-9-16(14)20/h4,6,8,10,12,14,16,20H,5,7,9,11H2,1-3H3,(H,18,21). The lowest BCUT2D eigenvalue weighted by Gasteiger charge is -2.23. The van der Waals surface area contributed by atoms with Crippen molar-refractivity contribution < 1.29 is 9.90 Å². The van der Waals surface area contributed by atoms with Crippen LogP contribution in [-0.4, -0.2) is 35.7 Å². The minimum Gasteiger partial charge on any atom is -0.393 e. The van der Waals surface area contributed by atoms with Gasteiger partial charge in [-0.05, 0) is 36.5 Å². The molecule has 0 spiro atoms. The summed E-state index contributed by atoms with van der Waals surface area (Å²) in [4.78, 5) is 13.9. The zero-order valence-electron chi connectivity index (χ0n) is 13.2. The van der Waals surface area contributed by atoms with E-state index in [0.29, 0.717) is 12.5 Å². The number of anilines is 1. The second kappa shape index (κ2) is 6.94. The van der Waals surface area contributed by atoms with E-state index >= 15 is 0 Å². The van der Waals surface area contributed by atoms with Crippen molar-refractivity contribution in [3.63, 3.8) is 0 Å². The molecular formula is C17H26N2O2. The number of rotatable bonds is 4. The summed E-state index contributed by atoms with van der Waals surface area (Å²) in [6.45, 7) is 4.87. The number of carbonyl (C=O) groups is 1. The maximum absolute atomic E-state index is 12.2. The molecule has 0 aromatic heterocycles. The Morgan fingerprint density at radius 3 is 2.81 bits per heavy atom. The van der Waals surface area contributed by atoms with Crippen molar-refractivity contribution in [1.29, 1.82) is 0 Å². The van der Waals surface area contributed by atoms with Crippen LogP contribution in [-0.2, 0) is 0 Å². The molecule has 1 saturated carbocycles. The van der Waals surface area contributed by atoms with E-state index in [2.05, 4.69) is 25.2 Å². The first-order valence-corrected chi connectivity index (χ1v) is 7.77. The lowest BCUT2D eigenvalue weighted by molar-refractivity contribution is 0.116. The normalized spacial score (nSPS) is 21.6. The molecule has 2 N–H and O–H groups in total. The lowest BCUT2D eigenvalue weighted by Crippen LogP contribution is -2.37. The Balaban J connectivity index is 1.92. The first-order chi connectivity index (χ1) is 9.97. The molecule has 2 amide bonds. The fourth-order valence-corrected chi connectivity index (χ4v) is 2.86. The molecule has 1 aliphatic rings. The Bertz CT molecular complexity index is 487. The fourth-order valence-electron chi connectivity index (χ4n) is 2.86. The highest BCUT2D eigenvalue weighted by Crippen LogP contribution is 2.26. The summed E-state index contributed by atoms with van der Waals surface area (Å²) in [6.07, 6.45) is 2.65. The van der Waals surface area contributed by atoms with E-state index < -0.39 is 0 Å². The average Bonchev–Trinajstić information content (AvgIpc) is 2.84. The van der Waals surface area contributed by atoms with E-state index in [9.17, 15) is 9.90 Å². The second-order valence-corrected chi connectivity index (χ2v) is 6.35. The molecule has 116 valence electrons. The van der Waals surface area contributed by atoms with Gasteiger partial charge < -0.3 is 15.3 Å². The third-order valence-electron chi connectivity index (χ3n) is 4.28. The lowest BCUT2D eigenvalue weighted by atomic mass is 10.0. The summed E-state index contributed by atoms with van der Waals surface area (Å²) in [5.74, 6) is 0.649. The van der Waals surface area contributed by atoms with Crippen LogP contribution >= 0.6 is 0 Å². The van der Waals surface area contributed by atoms with Gasteiger partial charge in [0.1, 0.15) is 0 Å². The van der Waals surface area contributed by atoms with Crippen LogP contribution in [0.1, 0.15) is 44.6 Å². The van der Waals surface area contributed by atoms with Crippen molar-refractivity contribution in [2.45, 2.75) is 45.1 Å². The number of aliphatic hydroxyl groups excluding tert-OH is 1. The van der Waals surface area contributed by atoms with Crippen LogP contribution < -0.4 is 5.32 Å². The summed E-state index contributed by atoms with van der Waals surface area (Å²) >= 11 is 0. The van der Waals surface area contributed by atoms with Crippen LogP contribution in [0.4, 0.5) is 10.5 Å². The number of nitrogens with zero attached hydrogens (tertiary/aromatic N) is 1. The van der Waals surface area contributed by atoms with Gasteiger partial charge in [0.05, 0.1) is 6.10 Å². The van der Waals surface area contributed by atoms with Crippen molar-refractivity contribution in [3.05, 3.63) is 29.8 Å². The number of benzene rings is 1. The van der Waals surface area contributed by atoms with E-state index in [4.69, 9.17) is 0 Å². The van der Waals surface area contributed by atoms with E-state index in [0.717, 1.165) is 24.9 Å². The van der Waals surface area contributed by atoms with Gasteiger partial charge in [-0.2, -0.15) is 0 Å². The number of urea groups is 1. The zero-order chi connectivity index (χ0) is 15.4. The number of aliphatic hydroxyl groups is 1. The van der Waals surface area contributed by atoms with Gasteiger partial charge in [0.15, 0.2) is 0 Å². The predicted octanol–water partition coefficient (Wildman–Crippen LogP) is 3.43. The molecular weight excluding hydrogens is 264 g/mol. The summed E-state index contributed by atoms with van der Waals surface area (Å²) in [5, 5.41) is 12.8. The number of carbonyl (C=O) groups excluding carboxylic acids is 1. The Labute approximate surface area is 127 Å². The monoisotopic (exact) mass is 290 g/mol. The topological polar surface area (TPSA) is 52.6 Å². The molecule has 0 bridgehead atoms. The molecule has 0 radical (unpaired) electrons. The minimum atomic E-state index is -0.260.